The van der Waals surface area contributed by atoms with E-state index in [1.165, 1.54) is 18.3 Å². The molecule has 1 aromatic heterocycles. The van der Waals surface area contributed by atoms with Crippen LogP contribution in [0, 0.1) is 11.3 Å². The number of hydrogen-bond acceptors (Lipinski definition) is 3. The van der Waals surface area contributed by atoms with Crippen molar-refractivity contribution in [2.45, 2.75) is 0 Å². The number of halogens is 2. The molecule has 19 heavy (non-hydrogen) atoms. The summed E-state index contributed by atoms with van der Waals surface area (Å²) in [6, 6.07) is 9.73. The predicted octanol–water partition coefficient (Wildman–Crippen LogP) is 3.51. The molecule has 0 spiro atoms. The average molecular weight is 292 g/mol. The summed E-state index contributed by atoms with van der Waals surface area (Å²) in [4.78, 5) is 15.8. The maximum absolute atomic E-state index is 12.0. The van der Waals surface area contributed by atoms with Crippen molar-refractivity contribution in [1.82, 2.24) is 4.98 Å². The Morgan fingerprint density at radius 1 is 1.32 bits per heavy atom. The molecule has 2 aromatic rings. The lowest BCUT2D eigenvalue weighted by atomic mass is 10.2. The molecule has 0 unspecified atom stereocenters. The molecule has 0 aliphatic heterocycles. The van der Waals surface area contributed by atoms with Crippen LogP contribution in [0.3, 0.4) is 0 Å². The molecule has 0 radical (unpaired) electrons. The Labute approximate surface area is 119 Å². The van der Waals surface area contributed by atoms with E-state index in [2.05, 4.69) is 10.3 Å². The summed E-state index contributed by atoms with van der Waals surface area (Å²) < 4.78 is 0. The fraction of sp³-hybridized carbons (Fsp3) is 0. The molecule has 1 N–H and O–H groups in total. The van der Waals surface area contributed by atoms with E-state index < -0.39 is 5.91 Å². The zero-order valence-electron chi connectivity index (χ0n) is 9.52. The summed E-state index contributed by atoms with van der Waals surface area (Å²) >= 11 is 11.7. The number of pyridine rings is 1. The number of anilines is 1. The molecule has 1 heterocycles. The van der Waals surface area contributed by atoms with Crippen molar-refractivity contribution < 1.29 is 4.79 Å². The molecule has 1 amide bonds. The summed E-state index contributed by atoms with van der Waals surface area (Å²) in [5.41, 5.74) is 0.880. The maximum atomic E-state index is 12.0. The van der Waals surface area contributed by atoms with Gasteiger partial charge in [0.2, 0.25) is 0 Å². The lowest BCUT2D eigenvalue weighted by Crippen LogP contribution is -2.13. The number of hydrogen-bond donors (Lipinski definition) is 1. The summed E-state index contributed by atoms with van der Waals surface area (Å²) in [7, 11) is 0. The highest BCUT2D eigenvalue weighted by molar-refractivity contribution is 6.33. The molecule has 4 nitrogen and oxygen atoms in total. The van der Waals surface area contributed by atoms with Crippen LogP contribution in [0.1, 0.15) is 15.9 Å². The van der Waals surface area contributed by atoms with E-state index in [0.29, 0.717) is 16.3 Å². The first-order valence-electron chi connectivity index (χ1n) is 5.23. The summed E-state index contributed by atoms with van der Waals surface area (Å²) in [5, 5.41) is 12.1. The first-order valence-corrected chi connectivity index (χ1v) is 5.99. The highest BCUT2D eigenvalue weighted by atomic mass is 35.5. The molecule has 0 aliphatic carbocycles. The quantitative estimate of drug-likeness (QED) is 0.861. The van der Waals surface area contributed by atoms with Gasteiger partial charge in [0.1, 0.15) is 11.2 Å². The molecule has 94 valence electrons. The molecular formula is C13H7Cl2N3O. The monoisotopic (exact) mass is 291 g/mol. The number of rotatable bonds is 2. The SMILES string of the molecule is N#Cc1ccc(Cl)cc1NC(=O)c1cccnc1Cl. The van der Waals surface area contributed by atoms with Crippen LogP contribution in [0.5, 0.6) is 0 Å². The van der Waals surface area contributed by atoms with E-state index in [1.54, 1.807) is 18.2 Å². The summed E-state index contributed by atoms with van der Waals surface area (Å²) in [6.45, 7) is 0. The molecule has 0 fully saturated rings. The van der Waals surface area contributed by atoms with Gasteiger partial charge in [-0.2, -0.15) is 5.26 Å². The number of nitriles is 1. The number of carbonyl (C=O) groups excluding carboxylic acids is 1. The Kier molecular flexibility index (Phi) is 4.00. The maximum Gasteiger partial charge on any atom is 0.258 e. The minimum Gasteiger partial charge on any atom is -0.321 e. The average Bonchev–Trinajstić information content (AvgIpc) is 2.39. The second-order valence-electron chi connectivity index (χ2n) is 3.60. The van der Waals surface area contributed by atoms with Gasteiger partial charge in [-0.05, 0) is 30.3 Å². The van der Waals surface area contributed by atoms with E-state index in [9.17, 15) is 4.79 Å². The number of carbonyl (C=O) groups is 1. The first kappa shape index (κ1) is 13.3. The first-order chi connectivity index (χ1) is 9.11. The van der Waals surface area contributed by atoms with Crippen molar-refractivity contribution in [2.24, 2.45) is 0 Å². The minimum absolute atomic E-state index is 0.0977. The number of nitrogens with one attached hydrogen (secondary N) is 1. The Morgan fingerprint density at radius 2 is 2.11 bits per heavy atom. The van der Waals surface area contributed by atoms with Crippen molar-refractivity contribution in [3.63, 3.8) is 0 Å². The largest absolute Gasteiger partial charge is 0.321 e. The van der Waals surface area contributed by atoms with Crippen molar-refractivity contribution in [1.29, 1.82) is 5.26 Å². The van der Waals surface area contributed by atoms with Crippen LogP contribution in [0.4, 0.5) is 5.69 Å². The van der Waals surface area contributed by atoms with Crippen LogP contribution in [0.25, 0.3) is 0 Å². The normalized spacial score (nSPS) is 9.74. The van der Waals surface area contributed by atoms with E-state index in [4.69, 9.17) is 28.5 Å². The van der Waals surface area contributed by atoms with Crippen molar-refractivity contribution in [3.05, 3.63) is 57.8 Å². The Hall–Kier alpha value is -2.09. The van der Waals surface area contributed by atoms with Gasteiger partial charge in [-0.25, -0.2) is 4.98 Å². The van der Waals surface area contributed by atoms with Gasteiger partial charge in [0, 0.05) is 11.2 Å². The molecule has 6 heteroatoms. The highest BCUT2D eigenvalue weighted by Crippen LogP contribution is 2.22. The topological polar surface area (TPSA) is 65.8 Å². The van der Waals surface area contributed by atoms with Crippen molar-refractivity contribution in [3.8, 4) is 6.07 Å². The van der Waals surface area contributed by atoms with Gasteiger partial charge in [-0.3, -0.25) is 4.79 Å². The van der Waals surface area contributed by atoms with Gasteiger partial charge in [0.15, 0.2) is 0 Å². The molecular weight excluding hydrogens is 285 g/mol. The van der Waals surface area contributed by atoms with Crippen LogP contribution in [0.15, 0.2) is 36.5 Å². The Morgan fingerprint density at radius 3 is 2.79 bits per heavy atom. The predicted molar refractivity (Wildman–Crippen MR) is 73.4 cm³/mol. The zero-order chi connectivity index (χ0) is 13.8. The standard InChI is InChI=1S/C13H7Cl2N3O/c14-9-4-3-8(7-16)11(6-9)18-13(19)10-2-1-5-17-12(10)15/h1-6H,(H,18,19). The highest BCUT2D eigenvalue weighted by Gasteiger charge is 2.13. The van der Waals surface area contributed by atoms with E-state index in [0.717, 1.165) is 0 Å². The second-order valence-corrected chi connectivity index (χ2v) is 4.39. The van der Waals surface area contributed by atoms with Crippen LogP contribution in [0.2, 0.25) is 10.2 Å². The smallest absolute Gasteiger partial charge is 0.258 e. The van der Waals surface area contributed by atoms with Crippen molar-refractivity contribution in [2.75, 3.05) is 5.32 Å². The van der Waals surface area contributed by atoms with Crippen LogP contribution >= 0.6 is 23.2 Å². The second kappa shape index (κ2) is 5.70. The molecule has 1 aromatic carbocycles. The lowest BCUT2D eigenvalue weighted by Gasteiger charge is -2.08. The third kappa shape index (κ3) is 3.02. The molecule has 0 bridgehead atoms. The third-order valence-electron chi connectivity index (χ3n) is 2.35. The van der Waals surface area contributed by atoms with Crippen LogP contribution < -0.4 is 5.32 Å². The van der Waals surface area contributed by atoms with Crippen LogP contribution in [-0.2, 0) is 0 Å². The van der Waals surface area contributed by atoms with Crippen molar-refractivity contribution >= 4 is 34.8 Å². The molecule has 0 aliphatic rings. The molecule has 0 saturated carbocycles. The summed E-state index contributed by atoms with van der Waals surface area (Å²) in [6.07, 6.45) is 1.49. The molecule has 2 rings (SSSR count). The third-order valence-corrected chi connectivity index (χ3v) is 2.89. The van der Waals surface area contributed by atoms with Gasteiger partial charge in [-0.1, -0.05) is 23.2 Å². The van der Waals surface area contributed by atoms with Gasteiger partial charge in [-0.15, -0.1) is 0 Å². The molecule has 0 atom stereocenters. The Balaban J connectivity index is 2.32. The molecule has 0 saturated heterocycles. The zero-order valence-corrected chi connectivity index (χ0v) is 11.0. The van der Waals surface area contributed by atoms with Gasteiger partial charge < -0.3 is 5.32 Å². The number of amides is 1. The van der Waals surface area contributed by atoms with Gasteiger partial charge >= 0.3 is 0 Å². The number of aromatic nitrogens is 1. The fourth-order valence-electron chi connectivity index (χ4n) is 1.46. The number of nitrogens with zero attached hydrogens (tertiary/aromatic N) is 2. The van der Waals surface area contributed by atoms with E-state index >= 15 is 0 Å². The fourth-order valence-corrected chi connectivity index (χ4v) is 1.84. The van der Waals surface area contributed by atoms with Crippen LogP contribution in [-0.4, -0.2) is 10.9 Å². The van der Waals surface area contributed by atoms with Gasteiger partial charge in [0.25, 0.3) is 5.91 Å². The summed E-state index contributed by atoms with van der Waals surface area (Å²) in [5.74, 6) is -0.447. The van der Waals surface area contributed by atoms with E-state index in [1.807, 2.05) is 6.07 Å². The Bertz CT molecular complexity index is 680. The number of benzene rings is 1. The van der Waals surface area contributed by atoms with E-state index in [-0.39, 0.29) is 10.7 Å². The lowest BCUT2D eigenvalue weighted by molar-refractivity contribution is 0.102. The van der Waals surface area contributed by atoms with Gasteiger partial charge in [0.05, 0.1) is 16.8 Å². The minimum atomic E-state index is -0.447.